The molecule has 0 radical (unpaired) electrons. The number of nitrogens with two attached hydrogens (primary N) is 1. The van der Waals surface area contributed by atoms with Crippen molar-refractivity contribution in [2.75, 3.05) is 6.54 Å². The summed E-state index contributed by atoms with van der Waals surface area (Å²) in [5.41, 5.74) is 9.15. The maximum absolute atomic E-state index is 12.9. The molecule has 1 aliphatic rings. The Labute approximate surface area is 121 Å². The van der Waals surface area contributed by atoms with Crippen LogP contribution in [0.3, 0.4) is 0 Å². The first kappa shape index (κ1) is 15.1. The lowest BCUT2D eigenvalue weighted by atomic mass is 9.96. The Balaban J connectivity index is 2.30. The normalized spacial score (nSPS) is 21.1. The van der Waals surface area contributed by atoms with E-state index in [1.807, 2.05) is 24.8 Å². The first-order valence-corrected chi connectivity index (χ1v) is 7.70. The summed E-state index contributed by atoms with van der Waals surface area (Å²) in [5.74, 6) is 0.153. The molecule has 1 aromatic rings. The van der Waals surface area contributed by atoms with Gasteiger partial charge in [-0.2, -0.15) is 0 Å². The van der Waals surface area contributed by atoms with E-state index in [0.29, 0.717) is 0 Å². The number of nitrogens with zero attached hydrogens (tertiary/aromatic N) is 2. The summed E-state index contributed by atoms with van der Waals surface area (Å²) in [5, 5.41) is 0. The van der Waals surface area contributed by atoms with Gasteiger partial charge in [0.2, 0.25) is 0 Å². The second kappa shape index (κ2) is 6.00. The third-order valence-electron chi connectivity index (χ3n) is 4.54. The van der Waals surface area contributed by atoms with Gasteiger partial charge in [-0.25, -0.2) is 0 Å². The highest BCUT2D eigenvalue weighted by atomic mass is 16.2. The van der Waals surface area contributed by atoms with E-state index < -0.39 is 0 Å². The second-order valence-electron chi connectivity index (χ2n) is 5.95. The van der Waals surface area contributed by atoms with E-state index in [9.17, 15) is 4.79 Å². The first-order valence-electron chi connectivity index (χ1n) is 7.70. The Morgan fingerprint density at radius 1 is 1.45 bits per heavy atom. The molecule has 0 aromatic carbocycles. The zero-order valence-electron chi connectivity index (χ0n) is 13.1. The van der Waals surface area contributed by atoms with Crippen LogP contribution in [0.25, 0.3) is 0 Å². The Bertz CT molecular complexity index is 490. The minimum Gasteiger partial charge on any atom is -0.349 e. The number of aromatic nitrogens is 1. The fourth-order valence-corrected chi connectivity index (χ4v) is 3.42. The third kappa shape index (κ3) is 2.62. The number of hydrogen-bond donors (Lipinski definition) is 1. The largest absolute Gasteiger partial charge is 0.349 e. The third-order valence-corrected chi connectivity index (χ3v) is 4.54. The van der Waals surface area contributed by atoms with Crippen molar-refractivity contribution >= 4 is 5.91 Å². The van der Waals surface area contributed by atoms with Crippen LogP contribution < -0.4 is 5.73 Å². The molecule has 1 aliphatic heterocycles. The average molecular weight is 277 g/mol. The molecule has 2 heterocycles. The molecule has 2 rings (SSSR count). The second-order valence-corrected chi connectivity index (χ2v) is 5.95. The van der Waals surface area contributed by atoms with Crippen LogP contribution in [-0.4, -0.2) is 34.0 Å². The molecule has 1 amide bonds. The van der Waals surface area contributed by atoms with Crippen LogP contribution in [0.4, 0.5) is 0 Å². The lowest BCUT2D eigenvalue weighted by Crippen LogP contribution is -2.51. The van der Waals surface area contributed by atoms with Crippen molar-refractivity contribution in [3.63, 3.8) is 0 Å². The molecular weight excluding hydrogens is 250 g/mol. The van der Waals surface area contributed by atoms with Crippen LogP contribution in [0.15, 0.2) is 6.07 Å². The summed E-state index contributed by atoms with van der Waals surface area (Å²) in [6.07, 6.45) is 3.28. The van der Waals surface area contributed by atoms with Crippen LogP contribution in [0.5, 0.6) is 0 Å². The van der Waals surface area contributed by atoms with E-state index >= 15 is 0 Å². The fraction of sp³-hybridized carbons (Fsp3) is 0.688. The van der Waals surface area contributed by atoms with E-state index in [4.69, 9.17) is 5.73 Å². The number of carbonyl (C=O) groups is 1. The molecule has 4 nitrogen and oxygen atoms in total. The molecule has 0 spiro atoms. The SMILES string of the molecule is CCn1c(C)cc(C(=O)N2CCCC[C@@H]2[C@H](C)N)c1C. The highest BCUT2D eigenvalue weighted by molar-refractivity contribution is 5.96. The molecule has 0 bridgehead atoms. The zero-order valence-corrected chi connectivity index (χ0v) is 13.1. The van der Waals surface area contributed by atoms with E-state index in [1.54, 1.807) is 0 Å². The van der Waals surface area contributed by atoms with Gasteiger partial charge < -0.3 is 15.2 Å². The molecule has 1 fully saturated rings. The lowest BCUT2D eigenvalue weighted by molar-refractivity contribution is 0.0583. The standard InChI is InChI=1S/C16H27N3O/c1-5-18-11(2)10-14(13(18)4)16(20)19-9-7-6-8-15(19)12(3)17/h10,12,15H,5-9,17H2,1-4H3/t12-,15+/m0/s1. The Morgan fingerprint density at radius 2 is 2.15 bits per heavy atom. The summed E-state index contributed by atoms with van der Waals surface area (Å²) in [6, 6.07) is 2.24. The van der Waals surface area contributed by atoms with Crippen molar-refractivity contribution in [1.29, 1.82) is 0 Å². The van der Waals surface area contributed by atoms with Gasteiger partial charge in [0.25, 0.3) is 5.91 Å². The maximum atomic E-state index is 12.9. The number of amides is 1. The lowest BCUT2D eigenvalue weighted by Gasteiger charge is -2.38. The summed E-state index contributed by atoms with van der Waals surface area (Å²) in [4.78, 5) is 14.9. The van der Waals surface area contributed by atoms with Gasteiger partial charge in [0.05, 0.1) is 5.56 Å². The zero-order chi connectivity index (χ0) is 14.9. The van der Waals surface area contributed by atoms with Gasteiger partial charge in [-0.15, -0.1) is 0 Å². The molecule has 0 aliphatic carbocycles. The van der Waals surface area contributed by atoms with Crippen molar-refractivity contribution < 1.29 is 4.79 Å². The van der Waals surface area contributed by atoms with Crippen molar-refractivity contribution in [3.8, 4) is 0 Å². The van der Waals surface area contributed by atoms with Crippen molar-refractivity contribution in [1.82, 2.24) is 9.47 Å². The number of rotatable bonds is 3. The molecule has 0 saturated carbocycles. The van der Waals surface area contributed by atoms with Gasteiger partial charge in [-0.1, -0.05) is 0 Å². The van der Waals surface area contributed by atoms with Gasteiger partial charge >= 0.3 is 0 Å². The van der Waals surface area contributed by atoms with Crippen molar-refractivity contribution in [3.05, 3.63) is 23.0 Å². The van der Waals surface area contributed by atoms with E-state index in [1.165, 1.54) is 6.42 Å². The molecule has 1 saturated heterocycles. The van der Waals surface area contributed by atoms with Crippen molar-refractivity contribution in [2.24, 2.45) is 5.73 Å². The number of carbonyl (C=O) groups excluding carboxylic acids is 1. The molecule has 1 aromatic heterocycles. The Kier molecular flexibility index (Phi) is 4.53. The highest BCUT2D eigenvalue weighted by Gasteiger charge is 2.31. The minimum absolute atomic E-state index is 0.0360. The fourth-order valence-electron chi connectivity index (χ4n) is 3.42. The van der Waals surface area contributed by atoms with Crippen LogP contribution >= 0.6 is 0 Å². The van der Waals surface area contributed by atoms with Crippen LogP contribution in [0.2, 0.25) is 0 Å². The van der Waals surface area contributed by atoms with Crippen LogP contribution in [0, 0.1) is 13.8 Å². The summed E-state index contributed by atoms with van der Waals surface area (Å²) in [6.45, 7) is 9.95. The topological polar surface area (TPSA) is 51.3 Å². The van der Waals surface area contributed by atoms with Crippen molar-refractivity contribution in [2.45, 2.75) is 65.6 Å². The van der Waals surface area contributed by atoms with E-state index in [-0.39, 0.29) is 18.0 Å². The number of likely N-dealkylation sites (tertiary alicyclic amines) is 1. The predicted molar refractivity (Wildman–Crippen MR) is 81.9 cm³/mol. The predicted octanol–water partition coefficient (Wildman–Crippen LogP) is 2.47. The summed E-state index contributed by atoms with van der Waals surface area (Å²) < 4.78 is 2.19. The van der Waals surface area contributed by atoms with Crippen LogP contribution in [0.1, 0.15) is 54.9 Å². The minimum atomic E-state index is 0.0360. The van der Waals surface area contributed by atoms with Gasteiger partial charge in [-0.05, 0) is 53.0 Å². The molecule has 112 valence electrons. The molecule has 2 N–H and O–H groups in total. The Hall–Kier alpha value is -1.29. The van der Waals surface area contributed by atoms with E-state index in [2.05, 4.69) is 18.4 Å². The molecular formula is C16H27N3O. The summed E-state index contributed by atoms with van der Waals surface area (Å²) in [7, 11) is 0. The van der Waals surface area contributed by atoms with Gasteiger partial charge in [0.15, 0.2) is 0 Å². The quantitative estimate of drug-likeness (QED) is 0.922. The number of aryl methyl sites for hydroxylation is 1. The van der Waals surface area contributed by atoms with Crippen LogP contribution in [-0.2, 0) is 6.54 Å². The molecule has 20 heavy (non-hydrogen) atoms. The Morgan fingerprint density at radius 3 is 2.70 bits per heavy atom. The first-order chi connectivity index (χ1) is 9.47. The maximum Gasteiger partial charge on any atom is 0.255 e. The number of hydrogen-bond acceptors (Lipinski definition) is 2. The monoisotopic (exact) mass is 277 g/mol. The molecule has 2 atom stereocenters. The van der Waals surface area contributed by atoms with Gasteiger partial charge in [-0.3, -0.25) is 4.79 Å². The van der Waals surface area contributed by atoms with E-state index in [0.717, 1.165) is 42.9 Å². The smallest absolute Gasteiger partial charge is 0.255 e. The highest BCUT2D eigenvalue weighted by Crippen LogP contribution is 2.24. The molecule has 4 heteroatoms. The van der Waals surface area contributed by atoms with Gasteiger partial charge in [0.1, 0.15) is 0 Å². The summed E-state index contributed by atoms with van der Waals surface area (Å²) >= 11 is 0. The molecule has 0 unspecified atom stereocenters. The number of piperidine rings is 1. The van der Waals surface area contributed by atoms with Gasteiger partial charge in [0, 0.05) is 36.6 Å². The average Bonchev–Trinajstić information content (AvgIpc) is 2.72.